The van der Waals surface area contributed by atoms with E-state index in [9.17, 15) is 0 Å². The van der Waals surface area contributed by atoms with Crippen LogP contribution < -0.4 is 10.4 Å². The van der Waals surface area contributed by atoms with Gasteiger partial charge in [0, 0.05) is 5.57 Å². The Hall–Kier alpha value is -1.76. The predicted molar refractivity (Wildman–Crippen MR) is 83.7 cm³/mol. The Labute approximate surface area is 116 Å². The van der Waals surface area contributed by atoms with Crippen molar-refractivity contribution in [3.63, 3.8) is 0 Å². The SMILES string of the molecule is C=C(O/C(C)=C/C)/C(CC(C)C)=c1/ccccc1=C. The van der Waals surface area contributed by atoms with Crippen molar-refractivity contribution >= 4 is 12.2 Å². The number of rotatable bonds is 5. The van der Waals surface area contributed by atoms with E-state index in [1.807, 2.05) is 38.1 Å². The lowest BCUT2D eigenvalue weighted by Gasteiger charge is -2.15. The molecule has 1 rings (SSSR count). The highest BCUT2D eigenvalue weighted by molar-refractivity contribution is 5.60. The maximum absolute atomic E-state index is 5.77. The van der Waals surface area contributed by atoms with Gasteiger partial charge in [-0.05, 0) is 42.7 Å². The topological polar surface area (TPSA) is 9.23 Å². The fourth-order valence-electron chi connectivity index (χ4n) is 1.91. The van der Waals surface area contributed by atoms with Crippen LogP contribution in [0, 0.1) is 5.92 Å². The van der Waals surface area contributed by atoms with Crippen molar-refractivity contribution in [1.82, 2.24) is 0 Å². The number of ether oxygens (including phenoxy) is 1. The third kappa shape index (κ3) is 4.44. The maximum Gasteiger partial charge on any atom is 0.123 e. The Balaban J connectivity index is 3.32. The number of allylic oxidation sites excluding steroid dienone is 3. The minimum Gasteiger partial charge on any atom is -0.463 e. The summed E-state index contributed by atoms with van der Waals surface area (Å²) in [5.74, 6) is 2.13. The lowest BCUT2D eigenvalue weighted by Crippen LogP contribution is -2.26. The van der Waals surface area contributed by atoms with Gasteiger partial charge in [-0.3, -0.25) is 0 Å². The van der Waals surface area contributed by atoms with E-state index in [-0.39, 0.29) is 0 Å². The van der Waals surface area contributed by atoms with Crippen molar-refractivity contribution in [1.29, 1.82) is 0 Å². The normalized spacial score (nSPS) is 13.4. The summed E-state index contributed by atoms with van der Waals surface area (Å²) in [5.41, 5.74) is 1.14. The second-order valence-electron chi connectivity index (χ2n) is 5.16. The zero-order chi connectivity index (χ0) is 14.4. The fraction of sp³-hybridized carbons (Fsp3) is 0.333. The first-order chi connectivity index (χ1) is 8.95. The molecule has 0 radical (unpaired) electrons. The van der Waals surface area contributed by atoms with Gasteiger partial charge in [0.25, 0.3) is 0 Å². The summed E-state index contributed by atoms with van der Waals surface area (Å²) in [7, 11) is 0. The van der Waals surface area contributed by atoms with E-state index in [0.717, 1.165) is 33.9 Å². The smallest absolute Gasteiger partial charge is 0.123 e. The van der Waals surface area contributed by atoms with Crippen LogP contribution >= 0.6 is 0 Å². The molecule has 1 aromatic rings. The third-order valence-corrected chi connectivity index (χ3v) is 2.98. The Morgan fingerprint density at radius 1 is 1.32 bits per heavy atom. The van der Waals surface area contributed by atoms with Crippen LogP contribution in [0.2, 0.25) is 0 Å². The monoisotopic (exact) mass is 256 g/mol. The molecule has 0 fully saturated rings. The van der Waals surface area contributed by atoms with Crippen molar-refractivity contribution in [3.05, 3.63) is 58.9 Å². The van der Waals surface area contributed by atoms with E-state index in [4.69, 9.17) is 4.74 Å². The molecular weight excluding hydrogens is 232 g/mol. The fourth-order valence-corrected chi connectivity index (χ4v) is 1.91. The van der Waals surface area contributed by atoms with E-state index in [2.05, 4.69) is 33.1 Å². The van der Waals surface area contributed by atoms with Crippen LogP contribution in [0.1, 0.15) is 34.1 Å². The first-order valence-corrected chi connectivity index (χ1v) is 6.73. The minimum absolute atomic E-state index is 0.542. The Bertz CT molecular complexity index is 576. The Morgan fingerprint density at radius 3 is 2.47 bits per heavy atom. The highest BCUT2D eigenvalue weighted by Crippen LogP contribution is 2.20. The quantitative estimate of drug-likeness (QED) is 0.729. The van der Waals surface area contributed by atoms with Gasteiger partial charge in [-0.1, -0.05) is 51.3 Å². The second kappa shape index (κ2) is 6.98. The molecule has 1 nitrogen and oxygen atoms in total. The van der Waals surface area contributed by atoms with Crippen LogP contribution in [0.5, 0.6) is 0 Å². The number of hydrogen-bond donors (Lipinski definition) is 0. The Kier molecular flexibility index (Phi) is 5.62. The van der Waals surface area contributed by atoms with E-state index in [1.165, 1.54) is 0 Å². The summed E-state index contributed by atoms with van der Waals surface area (Å²) in [6.07, 6.45) is 2.87. The van der Waals surface area contributed by atoms with Crippen molar-refractivity contribution in [2.75, 3.05) is 0 Å². The lowest BCUT2D eigenvalue weighted by atomic mass is 9.98. The zero-order valence-corrected chi connectivity index (χ0v) is 12.5. The van der Waals surface area contributed by atoms with Crippen LogP contribution in [0.4, 0.5) is 0 Å². The average molecular weight is 256 g/mol. The van der Waals surface area contributed by atoms with Gasteiger partial charge in [0.2, 0.25) is 0 Å². The molecule has 0 N–H and O–H groups in total. The molecule has 0 bridgehead atoms. The summed E-state index contributed by atoms with van der Waals surface area (Å²) < 4.78 is 5.77. The number of hydrogen-bond acceptors (Lipinski definition) is 1. The first-order valence-electron chi connectivity index (χ1n) is 6.73. The lowest BCUT2D eigenvalue weighted by molar-refractivity contribution is 0.323. The van der Waals surface area contributed by atoms with E-state index in [0.29, 0.717) is 5.92 Å². The summed E-state index contributed by atoms with van der Waals surface area (Å²) in [6, 6.07) is 8.13. The molecule has 0 heterocycles. The van der Waals surface area contributed by atoms with Crippen molar-refractivity contribution in [2.45, 2.75) is 34.1 Å². The molecule has 0 amide bonds. The first kappa shape index (κ1) is 15.3. The van der Waals surface area contributed by atoms with Crippen molar-refractivity contribution in [2.24, 2.45) is 5.92 Å². The molecule has 1 aromatic carbocycles. The average Bonchev–Trinajstić information content (AvgIpc) is 2.36. The second-order valence-corrected chi connectivity index (χ2v) is 5.16. The summed E-state index contributed by atoms with van der Waals surface area (Å²) in [6.45, 7) is 16.5. The molecule has 102 valence electrons. The predicted octanol–water partition coefficient (Wildman–Crippen LogP) is 3.75. The van der Waals surface area contributed by atoms with Gasteiger partial charge in [0.15, 0.2) is 0 Å². The van der Waals surface area contributed by atoms with Gasteiger partial charge < -0.3 is 4.74 Å². The third-order valence-electron chi connectivity index (χ3n) is 2.98. The summed E-state index contributed by atoms with van der Waals surface area (Å²) >= 11 is 0. The van der Waals surface area contributed by atoms with Gasteiger partial charge in [-0.2, -0.15) is 0 Å². The largest absolute Gasteiger partial charge is 0.463 e. The summed E-state index contributed by atoms with van der Waals surface area (Å²) in [4.78, 5) is 0. The minimum atomic E-state index is 0.542. The molecule has 0 spiro atoms. The molecule has 0 aliphatic heterocycles. The molecule has 1 heteroatoms. The molecule has 0 unspecified atom stereocenters. The molecule has 0 saturated carbocycles. The van der Waals surface area contributed by atoms with Gasteiger partial charge in [0.05, 0.1) is 5.76 Å². The Morgan fingerprint density at radius 2 is 1.95 bits per heavy atom. The molecule has 0 atom stereocenters. The van der Waals surface area contributed by atoms with Crippen molar-refractivity contribution < 1.29 is 4.74 Å². The van der Waals surface area contributed by atoms with E-state index in [1.54, 1.807) is 0 Å². The van der Waals surface area contributed by atoms with Crippen LogP contribution in [-0.4, -0.2) is 0 Å². The molecular formula is C18H24O. The molecule has 0 aliphatic rings. The van der Waals surface area contributed by atoms with Crippen LogP contribution in [0.15, 0.2) is 48.4 Å². The highest BCUT2D eigenvalue weighted by Gasteiger charge is 2.09. The van der Waals surface area contributed by atoms with Crippen LogP contribution in [0.25, 0.3) is 12.2 Å². The van der Waals surface area contributed by atoms with Gasteiger partial charge in [-0.25, -0.2) is 0 Å². The highest BCUT2D eigenvalue weighted by atomic mass is 16.5. The van der Waals surface area contributed by atoms with Crippen molar-refractivity contribution in [3.8, 4) is 0 Å². The zero-order valence-electron chi connectivity index (χ0n) is 12.5. The standard InChI is InChI=1S/C18H24O/c1-7-15(5)19-16(6)18(12-13(2)3)17-11-9-8-10-14(17)4/h7-11,13H,4,6,12H2,1-3,5H3/b15-7+,18-17-. The molecule has 0 saturated heterocycles. The number of benzene rings is 1. The maximum atomic E-state index is 5.77. The van der Waals surface area contributed by atoms with Crippen LogP contribution in [-0.2, 0) is 4.74 Å². The molecule has 0 aliphatic carbocycles. The molecule has 19 heavy (non-hydrogen) atoms. The summed E-state index contributed by atoms with van der Waals surface area (Å²) in [5, 5.41) is 2.14. The molecule has 0 aromatic heterocycles. The van der Waals surface area contributed by atoms with Gasteiger partial charge in [-0.15, -0.1) is 0 Å². The van der Waals surface area contributed by atoms with Crippen LogP contribution in [0.3, 0.4) is 0 Å². The van der Waals surface area contributed by atoms with E-state index >= 15 is 0 Å². The van der Waals surface area contributed by atoms with E-state index < -0.39 is 0 Å². The van der Waals surface area contributed by atoms with Gasteiger partial charge in [0.1, 0.15) is 5.76 Å². The van der Waals surface area contributed by atoms with Gasteiger partial charge >= 0.3 is 0 Å².